The van der Waals surface area contributed by atoms with Crippen molar-refractivity contribution in [2.45, 2.75) is 25.2 Å². The molecule has 2 rings (SSSR count). The highest BCUT2D eigenvalue weighted by Crippen LogP contribution is 2.33. The van der Waals surface area contributed by atoms with Gasteiger partial charge in [0.05, 0.1) is 0 Å². The van der Waals surface area contributed by atoms with E-state index in [1.807, 2.05) is 11.8 Å². The van der Waals surface area contributed by atoms with E-state index in [2.05, 4.69) is 42.8 Å². The molecule has 1 nitrogen and oxygen atoms in total. The molecule has 0 radical (unpaired) electrons. The van der Waals surface area contributed by atoms with Gasteiger partial charge >= 0.3 is 0 Å². The van der Waals surface area contributed by atoms with E-state index in [1.54, 1.807) is 0 Å². The molecular weight excluding hydrogens is 214 g/mol. The minimum absolute atomic E-state index is 0.434. The molecule has 1 saturated heterocycles. The van der Waals surface area contributed by atoms with E-state index in [0.29, 0.717) is 5.41 Å². The molecular formula is C14H21NS. The van der Waals surface area contributed by atoms with Crippen LogP contribution in [0.5, 0.6) is 0 Å². The van der Waals surface area contributed by atoms with Crippen LogP contribution in [0.2, 0.25) is 0 Å². The summed E-state index contributed by atoms with van der Waals surface area (Å²) < 4.78 is 0. The number of hydrogen-bond acceptors (Lipinski definition) is 2. The molecule has 1 aliphatic rings. The first-order chi connectivity index (χ1) is 7.77. The lowest BCUT2D eigenvalue weighted by atomic mass is 9.72. The Hall–Kier alpha value is -0.470. The van der Waals surface area contributed by atoms with Crippen molar-refractivity contribution in [1.82, 2.24) is 5.32 Å². The maximum absolute atomic E-state index is 3.44. The summed E-state index contributed by atoms with van der Waals surface area (Å²) in [5, 5.41) is 3.44. The van der Waals surface area contributed by atoms with Gasteiger partial charge in [0.15, 0.2) is 0 Å². The first-order valence-electron chi connectivity index (χ1n) is 6.04. The molecule has 1 aromatic rings. The zero-order chi connectivity index (χ0) is 11.4. The summed E-state index contributed by atoms with van der Waals surface area (Å²) in [6.45, 7) is 4.47. The Labute approximate surface area is 103 Å². The van der Waals surface area contributed by atoms with Gasteiger partial charge in [0, 0.05) is 18.5 Å². The highest BCUT2D eigenvalue weighted by molar-refractivity contribution is 7.98. The van der Waals surface area contributed by atoms with Crippen LogP contribution >= 0.6 is 11.8 Å². The maximum atomic E-state index is 3.44. The topological polar surface area (TPSA) is 12.0 Å². The second kappa shape index (κ2) is 5.24. The average Bonchev–Trinajstić information content (AvgIpc) is 2.24. The van der Waals surface area contributed by atoms with Crippen molar-refractivity contribution in [3.8, 4) is 0 Å². The summed E-state index contributed by atoms with van der Waals surface area (Å²) in [4.78, 5) is 0. The Balaban J connectivity index is 2.05. The predicted octanol–water partition coefficient (Wildman–Crippen LogP) is 2.98. The van der Waals surface area contributed by atoms with Crippen LogP contribution in [0.1, 0.15) is 24.0 Å². The minimum atomic E-state index is 0.434. The van der Waals surface area contributed by atoms with Crippen LogP contribution in [0.15, 0.2) is 24.3 Å². The zero-order valence-corrected chi connectivity index (χ0v) is 11.1. The van der Waals surface area contributed by atoms with Gasteiger partial charge in [-0.1, -0.05) is 29.8 Å². The number of nitrogens with one attached hydrogen (secondary N) is 1. The fourth-order valence-electron chi connectivity index (χ4n) is 2.41. The molecule has 1 aromatic carbocycles. The molecule has 1 fully saturated rings. The van der Waals surface area contributed by atoms with Gasteiger partial charge in [-0.2, -0.15) is 11.8 Å². The normalized spacial score (nSPS) is 18.1. The summed E-state index contributed by atoms with van der Waals surface area (Å²) in [6.07, 6.45) is 4.85. The molecule has 1 aliphatic heterocycles. The van der Waals surface area contributed by atoms with E-state index in [4.69, 9.17) is 0 Å². The molecule has 16 heavy (non-hydrogen) atoms. The van der Waals surface area contributed by atoms with E-state index in [0.717, 1.165) is 13.1 Å². The predicted molar refractivity (Wildman–Crippen MR) is 73.3 cm³/mol. The van der Waals surface area contributed by atoms with E-state index in [1.165, 1.54) is 29.7 Å². The number of rotatable bonds is 5. The first-order valence-corrected chi connectivity index (χ1v) is 7.43. The molecule has 0 atom stereocenters. The molecule has 0 saturated carbocycles. The molecule has 1 N–H and O–H groups in total. The van der Waals surface area contributed by atoms with Crippen molar-refractivity contribution in [2.75, 3.05) is 25.1 Å². The Morgan fingerprint density at radius 3 is 2.44 bits per heavy atom. The van der Waals surface area contributed by atoms with Gasteiger partial charge < -0.3 is 5.32 Å². The highest BCUT2D eigenvalue weighted by Gasteiger charge is 2.37. The second-order valence-electron chi connectivity index (χ2n) is 4.85. The van der Waals surface area contributed by atoms with Crippen LogP contribution in [0, 0.1) is 6.92 Å². The SMILES string of the molecule is CSCCCC1(c2ccc(C)cc2)CNC1. The van der Waals surface area contributed by atoms with Crippen LogP contribution in [0.3, 0.4) is 0 Å². The molecule has 88 valence electrons. The lowest BCUT2D eigenvalue weighted by molar-refractivity contribution is 0.256. The van der Waals surface area contributed by atoms with Crippen molar-refractivity contribution >= 4 is 11.8 Å². The fraction of sp³-hybridized carbons (Fsp3) is 0.571. The van der Waals surface area contributed by atoms with Crippen molar-refractivity contribution in [3.05, 3.63) is 35.4 Å². The number of aryl methyl sites for hydroxylation is 1. The van der Waals surface area contributed by atoms with E-state index in [-0.39, 0.29) is 0 Å². The lowest BCUT2D eigenvalue weighted by Crippen LogP contribution is -2.56. The molecule has 0 aromatic heterocycles. The first kappa shape index (κ1) is 12.0. The minimum Gasteiger partial charge on any atom is -0.315 e. The largest absolute Gasteiger partial charge is 0.315 e. The van der Waals surface area contributed by atoms with Crippen LogP contribution in [-0.2, 0) is 5.41 Å². The Morgan fingerprint density at radius 1 is 1.25 bits per heavy atom. The summed E-state index contributed by atoms with van der Waals surface area (Å²) in [7, 11) is 0. The monoisotopic (exact) mass is 235 g/mol. The van der Waals surface area contributed by atoms with Gasteiger partial charge in [-0.05, 0) is 37.3 Å². The Kier molecular flexibility index (Phi) is 3.93. The Morgan fingerprint density at radius 2 is 1.94 bits per heavy atom. The van der Waals surface area contributed by atoms with Crippen LogP contribution in [0.25, 0.3) is 0 Å². The molecule has 0 spiro atoms. The van der Waals surface area contributed by atoms with Gasteiger partial charge in [-0.3, -0.25) is 0 Å². The third kappa shape index (κ3) is 2.44. The standard InChI is InChI=1S/C14H21NS/c1-12-4-6-13(7-5-12)14(10-15-11-14)8-3-9-16-2/h4-7,15H,3,8-11H2,1-2H3. The van der Waals surface area contributed by atoms with Gasteiger partial charge in [-0.15, -0.1) is 0 Å². The molecule has 0 unspecified atom stereocenters. The summed E-state index contributed by atoms with van der Waals surface area (Å²) in [5.41, 5.74) is 3.32. The second-order valence-corrected chi connectivity index (χ2v) is 5.83. The quantitative estimate of drug-likeness (QED) is 0.788. The Bertz CT molecular complexity index is 327. The number of benzene rings is 1. The lowest BCUT2D eigenvalue weighted by Gasteiger charge is -2.43. The summed E-state index contributed by atoms with van der Waals surface area (Å²) in [5.74, 6) is 1.29. The third-order valence-corrected chi connectivity index (χ3v) is 4.29. The molecule has 2 heteroatoms. The highest BCUT2D eigenvalue weighted by atomic mass is 32.2. The van der Waals surface area contributed by atoms with Gasteiger partial charge in [-0.25, -0.2) is 0 Å². The fourth-order valence-corrected chi connectivity index (χ4v) is 2.85. The molecule has 0 bridgehead atoms. The number of hydrogen-bond donors (Lipinski definition) is 1. The van der Waals surface area contributed by atoms with Crippen LogP contribution < -0.4 is 5.32 Å². The molecule has 0 amide bonds. The molecule has 0 aliphatic carbocycles. The van der Waals surface area contributed by atoms with E-state index >= 15 is 0 Å². The smallest absolute Gasteiger partial charge is 0.0203 e. The van der Waals surface area contributed by atoms with Crippen LogP contribution in [-0.4, -0.2) is 25.1 Å². The van der Waals surface area contributed by atoms with Gasteiger partial charge in [0.25, 0.3) is 0 Å². The van der Waals surface area contributed by atoms with Crippen LogP contribution in [0.4, 0.5) is 0 Å². The summed E-state index contributed by atoms with van der Waals surface area (Å²) >= 11 is 1.95. The van der Waals surface area contributed by atoms with E-state index in [9.17, 15) is 0 Å². The summed E-state index contributed by atoms with van der Waals surface area (Å²) in [6, 6.07) is 9.11. The van der Waals surface area contributed by atoms with Crippen molar-refractivity contribution in [3.63, 3.8) is 0 Å². The van der Waals surface area contributed by atoms with Crippen molar-refractivity contribution in [1.29, 1.82) is 0 Å². The van der Waals surface area contributed by atoms with E-state index < -0.39 is 0 Å². The average molecular weight is 235 g/mol. The van der Waals surface area contributed by atoms with Gasteiger partial charge in [0.1, 0.15) is 0 Å². The van der Waals surface area contributed by atoms with Gasteiger partial charge in [0.2, 0.25) is 0 Å². The number of thioether (sulfide) groups is 1. The molecule has 1 heterocycles. The van der Waals surface area contributed by atoms with Crippen molar-refractivity contribution in [2.24, 2.45) is 0 Å². The third-order valence-electron chi connectivity index (χ3n) is 3.59. The maximum Gasteiger partial charge on any atom is 0.0203 e. The van der Waals surface area contributed by atoms with Crippen molar-refractivity contribution < 1.29 is 0 Å². The zero-order valence-electron chi connectivity index (χ0n) is 10.3.